The van der Waals surface area contributed by atoms with E-state index in [1.165, 1.54) is 12.3 Å². The van der Waals surface area contributed by atoms with Gasteiger partial charge in [-0.15, -0.1) is 0 Å². The van der Waals surface area contributed by atoms with Crippen LogP contribution in [-0.2, 0) is 9.84 Å². The van der Waals surface area contributed by atoms with Gasteiger partial charge in [0.25, 0.3) is 5.91 Å². The molecule has 0 saturated heterocycles. The number of pyridine rings is 1. The molecule has 0 spiro atoms. The molecule has 94 valence electrons. The number of nitrogens with two attached hydrogens (primary N) is 1. The molecule has 0 aliphatic heterocycles. The first kappa shape index (κ1) is 13.7. The van der Waals surface area contributed by atoms with Crippen molar-refractivity contribution in [2.75, 3.05) is 24.3 Å². The predicted molar refractivity (Wildman–Crippen MR) is 65.7 cm³/mol. The van der Waals surface area contributed by atoms with Crippen LogP contribution in [-0.4, -0.2) is 37.9 Å². The van der Waals surface area contributed by atoms with Crippen molar-refractivity contribution in [1.29, 1.82) is 0 Å². The van der Waals surface area contributed by atoms with E-state index in [-0.39, 0.29) is 28.7 Å². The maximum Gasteiger partial charge on any atom is 0.253 e. The molecule has 6 nitrogen and oxygen atoms in total. The molecule has 0 unspecified atom stereocenters. The second-order valence-corrected chi connectivity index (χ2v) is 6.13. The highest BCUT2D eigenvalue weighted by molar-refractivity contribution is 7.90. The summed E-state index contributed by atoms with van der Waals surface area (Å²) >= 11 is 5.62. The molecule has 1 heterocycles. The molecule has 1 aromatic heterocycles. The number of nitrogens with zero attached hydrogens (tertiary/aromatic N) is 1. The zero-order valence-corrected chi connectivity index (χ0v) is 10.7. The van der Waals surface area contributed by atoms with E-state index in [0.29, 0.717) is 0 Å². The Morgan fingerprint density at radius 1 is 1.59 bits per heavy atom. The number of anilines is 1. The molecule has 1 aromatic rings. The average molecular weight is 278 g/mol. The lowest BCUT2D eigenvalue weighted by Crippen LogP contribution is -2.29. The summed E-state index contributed by atoms with van der Waals surface area (Å²) in [6.45, 7) is 0.0248. The average Bonchev–Trinajstić information content (AvgIpc) is 2.19. The number of rotatable bonds is 4. The summed E-state index contributed by atoms with van der Waals surface area (Å²) in [5, 5.41) is 2.58. The number of nitrogens with one attached hydrogen (secondary N) is 1. The molecule has 0 bridgehead atoms. The van der Waals surface area contributed by atoms with Crippen LogP contribution in [0, 0.1) is 0 Å². The molecule has 0 radical (unpaired) electrons. The normalized spacial score (nSPS) is 11.2. The number of hydrogen-bond donors (Lipinski definition) is 2. The summed E-state index contributed by atoms with van der Waals surface area (Å²) in [7, 11) is -3.10. The summed E-state index contributed by atoms with van der Waals surface area (Å²) in [5.74, 6) is -0.604. The van der Waals surface area contributed by atoms with E-state index >= 15 is 0 Å². The lowest BCUT2D eigenvalue weighted by atomic mass is 10.2. The molecule has 3 N–H and O–H groups in total. The molecule has 1 rings (SSSR count). The van der Waals surface area contributed by atoms with E-state index in [2.05, 4.69) is 10.3 Å². The van der Waals surface area contributed by atoms with E-state index in [1.807, 2.05) is 0 Å². The van der Waals surface area contributed by atoms with E-state index in [1.54, 1.807) is 0 Å². The van der Waals surface area contributed by atoms with Gasteiger partial charge in [0.2, 0.25) is 0 Å². The van der Waals surface area contributed by atoms with Crippen molar-refractivity contribution < 1.29 is 13.2 Å². The number of carbonyl (C=O) groups is 1. The third kappa shape index (κ3) is 4.58. The summed E-state index contributed by atoms with van der Waals surface area (Å²) in [6.07, 6.45) is 2.37. The third-order valence-corrected chi connectivity index (χ3v) is 3.06. The van der Waals surface area contributed by atoms with Gasteiger partial charge in [-0.1, -0.05) is 11.6 Å². The van der Waals surface area contributed by atoms with Gasteiger partial charge in [-0.2, -0.15) is 0 Å². The van der Waals surface area contributed by atoms with Crippen molar-refractivity contribution in [1.82, 2.24) is 10.3 Å². The Morgan fingerprint density at radius 2 is 2.24 bits per heavy atom. The van der Waals surface area contributed by atoms with Crippen LogP contribution in [0.15, 0.2) is 12.3 Å². The highest BCUT2D eigenvalue weighted by Crippen LogP contribution is 2.14. The van der Waals surface area contributed by atoms with Gasteiger partial charge in [-0.25, -0.2) is 13.4 Å². The van der Waals surface area contributed by atoms with E-state index in [0.717, 1.165) is 6.26 Å². The zero-order chi connectivity index (χ0) is 13.1. The molecule has 0 saturated carbocycles. The van der Waals surface area contributed by atoms with Crippen molar-refractivity contribution in [3.05, 3.63) is 23.0 Å². The monoisotopic (exact) mass is 277 g/mol. The Morgan fingerprint density at radius 3 is 2.82 bits per heavy atom. The summed E-state index contributed by atoms with van der Waals surface area (Å²) in [6, 6.07) is 1.33. The third-order valence-electron chi connectivity index (χ3n) is 1.90. The first-order valence-corrected chi connectivity index (χ1v) is 7.10. The van der Waals surface area contributed by atoms with Gasteiger partial charge in [0.15, 0.2) is 0 Å². The van der Waals surface area contributed by atoms with Gasteiger partial charge >= 0.3 is 0 Å². The van der Waals surface area contributed by atoms with Gasteiger partial charge in [0, 0.05) is 12.8 Å². The maximum absolute atomic E-state index is 11.6. The number of halogens is 1. The lowest BCUT2D eigenvalue weighted by molar-refractivity contribution is 0.0957. The van der Waals surface area contributed by atoms with E-state index in [4.69, 9.17) is 17.3 Å². The van der Waals surface area contributed by atoms with Crippen molar-refractivity contribution in [3.63, 3.8) is 0 Å². The van der Waals surface area contributed by atoms with Crippen LogP contribution in [0.25, 0.3) is 0 Å². The van der Waals surface area contributed by atoms with Crippen LogP contribution in [0.1, 0.15) is 10.4 Å². The Labute approximate surface area is 104 Å². The highest BCUT2D eigenvalue weighted by atomic mass is 35.5. The van der Waals surface area contributed by atoms with Crippen molar-refractivity contribution in [2.45, 2.75) is 0 Å². The number of hydrogen-bond acceptors (Lipinski definition) is 5. The fourth-order valence-electron chi connectivity index (χ4n) is 1.08. The first-order valence-electron chi connectivity index (χ1n) is 4.66. The predicted octanol–water partition coefficient (Wildman–Crippen LogP) is 0.0916. The standard InChI is InChI=1S/C9H12ClN3O3S/c1-17(15,16)3-2-12-9(14)6-4-8(10)13-5-7(6)11/h4-5H,2-3,11H2,1H3,(H,12,14). The molecular formula is C9H12ClN3O3S. The quantitative estimate of drug-likeness (QED) is 0.760. The number of carbonyl (C=O) groups excluding carboxylic acids is 1. The maximum atomic E-state index is 11.6. The Kier molecular flexibility index (Phi) is 4.30. The van der Waals surface area contributed by atoms with Crippen LogP contribution in [0.4, 0.5) is 5.69 Å². The smallest absolute Gasteiger partial charge is 0.253 e. The van der Waals surface area contributed by atoms with Gasteiger partial charge < -0.3 is 11.1 Å². The van der Waals surface area contributed by atoms with Crippen LogP contribution >= 0.6 is 11.6 Å². The fraction of sp³-hybridized carbons (Fsp3) is 0.333. The molecular weight excluding hydrogens is 266 g/mol. The molecule has 8 heteroatoms. The second-order valence-electron chi connectivity index (χ2n) is 3.48. The van der Waals surface area contributed by atoms with Crippen LogP contribution in [0.5, 0.6) is 0 Å². The zero-order valence-electron chi connectivity index (χ0n) is 9.10. The van der Waals surface area contributed by atoms with Crippen LogP contribution in [0.3, 0.4) is 0 Å². The SMILES string of the molecule is CS(=O)(=O)CCNC(=O)c1cc(Cl)ncc1N. The largest absolute Gasteiger partial charge is 0.397 e. The molecule has 0 aromatic carbocycles. The van der Waals surface area contributed by atoms with E-state index in [9.17, 15) is 13.2 Å². The van der Waals surface area contributed by atoms with E-state index < -0.39 is 15.7 Å². The molecule has 0 atom stereocenters. The topological polar surface area (TPSA) is 102 Å². The van der Waals surface area contributed by atoms with Gasteiger partial charge in [0.1, 0.15) is 15.0 Å². The molecule has 0 fully saturated rings. The van der Waals surface area contributed by atoms with Crippen LogP contribution < -0.4 is 11.1 Å². The molecule has 17 heavy (non-hydrogen) atoms. The molecule has 0 aliphatic rings. The summed E-state index contributed by atoms with van der Waals surface area (Å²) < 4.78 is 21.7. The highest BCUT2D eigenvalue weighted by Gasteiger charge is 2.11. The minimum Gasteiger partial charge on any atom is -0.397 e. The molecule has 0 aliphatic carbocycles. The second kappa shape index (κ2) is 5.33. The Hall–Kier alpha value is -1.34. The fourth-order valence-corrected chi connectivity index (χ4v) is 1.71. The van der Waals surface area contributed by atoms with Gasteiger partial charge in [0.05, 0.1) is 23.2 Å². The molecule has 1 amide bonds. The minimum absolute atomic E-state index is 0.0248. The van der Waals surface area contributed by atoms with Gasteiger partial charge in [-0.3, -0.25) is 4.79 Å². The number of sulfone groups is 1. The Bertz CT molecular complexity index is 530. The number of amides is 1. The minimum atomic E-state index is -3.10. The van der Waals surface area contributed by atoms with Crippen LogP contribution in [0.2, 0.25) is 5.15 Å². The summed E-state index contributed by atoms with van der Waals surface area (Å²) in [4.78, 5) is 15.3. The first-order chi connectivity index (χ1) is 7.79. The lowest BCUT2D eigenvalue weighted by Gasteiger charge is -2.06. The Balaban J connectivity index is 2.67. The van der Waals surface area contributed by atoms with Crippen molar-refractivity contribution in [2.24, 2.45) is 0 Å². The van der Waals surface area contributed by atoms with Crippen molar-refractivity contribution in [3.8, 4) is 0 Å². The number of aromatic nitrogens is 1. The number of nitrogen functional groups attached to an aromatic ring is 1. The summed E-state index contributed by atoms with van der Waals surface area (Å²) in [5.41, 5.74) is 5.91. The van der Waals surface area contributed by atoms with Gasteiger partial charge in [-0.05, 0) is 6.07 Å². The van der Waals surface area contributed by atoms with Crippen molar-refractivity contribution >= 4 is 33.0 Å².